The first kappa shape index (κ1) is 12.1. The van der Waals surface area contributed by atoms with Crippen LogP contribution in [0.4, 0.5) is 0 Å². The lowest BCUT2D eigenvalue weighted by Crippen LogP contribution is -1.99. The molecule has 0 saturated heterocycles. The van der Waals surface area contributed by atoms with Crippen molar-refractivity contribution in [3.63, 3.8) is 0 Å². The Morgan fingerprint density at radius 3 is 1.80 bits per heavy atom. The van der Waals surface area contributed by atoms with E-state index in [1.165, 1.54) is 14.0 Å². The van der Waals surface area contributed by atoms with Crippen LogP contribution < -0.4 is 0 Å². The third-order valence-electron chi connectivity index (χ3n) is 0.653. The number of aliphatic hydroxyl groups is 2. The van der Waals surface area contributed by atoms with Crippen molar-refractivity contribution in [2.45, 2.75) is 26.6 Å². The predicted molar refractivity (Wildman–Crippen MR) is 36.2 cm³/mol. The molecule has 2 N–H and O–H groups in total. The molecule has 0 aliphatic rings. The number of hydrogen-bond acceptors (Lipinski definition) is 4. The topological polar surface area (TPSA) is 66.8 Å². The molecule has 4 heteroatoms. The third kappa shape index (κ3) is 26.3. The van der Waals surface area contributed by atoms with Crippen LogP contribution in [0.2, 0.25) is 0 Å². The minimum Gasteiger partial charge on any atom is -0.469 e. The Morgan fingerprint density at radius 2 is 1.80 bits per heavy atom. The first-order valence-electron chi connectivity index (χ1n) is 2.95. The van der Waals surface area contributed by atoms with Gasteiger partial charge in [-0.15, -0.1) is 0 Å². The number of esters is 1. The summed E-state index contributed by atoms with van der Waals surface area (Å²) in [5, 5.41) is 15.8. The van der Waals surface area contributed by atoms with E-state index in [0.29, 0.717) is 6.42 Å². The zero-order valence-corrected chi connectivity index (χ0v) is 6.50. The maximum absolute atomic E-state index is 9.59. The Kier molecular flexibility index (Phi) is 10.2. The summed E-state index contributed by atoms with van der Waals surface area (Å²) in [4.78, 5) is 9.59. The zero-order valence-electron chi connectivity index (χ0n) is 6.50. The minimum atomic E-state index is -1.12. The summed E-state index contributed by atoms with van der Waals surface area (Å²) in [5.41, 5.74) is 0. The molecule has 4 nitrogen and oxygen atoms in total. The summed E-state index contributed by atoms with van der Waals surface area (Å²) in [7, 11) is 1.35. The smallest absolute Gasteiger partial charge is 0.302 e. The Morgan fingerprint density at radius 1 is 1.60 bits per heavy atom. The fourth-order valence-electron chi connectivity index (χ4n) is 0. The molecule has 0 heterocycles. The van der Waals surface area contributed by atoms with Gasteiger partial charge in [0.1, 0.15) is 0 Å². The first-order chi connectivity index (χ1) is 4.54. The van der Waals surface area contributed by atoms with E-state index in [1.807, 2.05) is 0 Å². The quantitative estimate of drug-likeness (QED) is 0.404. The largest absolute Gasteiger partial charge is 0.469 e. The highest BCUT2D eigenvalue weighted by Gasteiger charge is 1.83. The van der Waals surface area contributed by atoms with E-state index in [9.17, 15) is 4.79 Å². The van der Waals surface area contributed by atoms with Crippen LogP contribution in [-0.4, -0.2) is 29.6 Å². The van der Waals surface area contributed by atoms with Gasteiger partial charge < -0.3 is 14.9 Å². The van der Waals surface area contributed by atoms with Crippen LogP contribution in [0.1, 0.15) is 20.3 Å². The summed E-state index contributed by atoms with van der Waals surface area (Å²) in [5.74, 6) is -0.245. The number of carbonyl (C=O) groups excluding carboxylic acids is 1. The van der Waals surface area contributed by atoms with Crippen molar-refractivity contribution < 1.29 is 19.7 Å². The standard InChI is InChI=1S/C3H6O2.C3H8O2/c1-3(4)5-2;1-2-3(4)5/h1-2H3;3-5H,2H2,1H3. The maximum atomic E-state index is 9.59. The number of aliphatic hydroxyl groups excluding tert-OH is 1. The van der Waals surface area contributed by atoms with Gasteiger partial charge in [-0.2, -0.15) is 0 Å². The van der Waals surface area contributed by atoms with Crippen molar-refractivity contribution in [3.05, 3.63) is 0 Å². The second kappa shape index (κ2) is 8.39. The molecular weight excluding hydrogens is 136 g/mol. The lowest BCUT2D eigenvalue weighted by atomic mass is 10.5. The van der Waals surface area contributed by atoms with Crippen LogP contribution in [0.15, 0.2) is 0 Å². The SMILES string of the molecule is CCC(O)O.COC(C)=O. The molecule has 0 aliphatic heterocycles. The van der Waals surface area contributed by atoms with E-state index in [1.54, 1.807) is 6.92 Å². The number of ether oxygens (including phenoxy) is 1. The molecule has 0 saturated carbocycles. The van der Waals surface area contributed by atoms with Gasteiger partial charge >= 0.3 is 5.97 Å². The number of carbonyl (C=O) groups is 1. The highest BCUT2D eigenvalue weighted by molar-refractivity contribution is 5.65. The first-order valence-corrected chi connectivity index (χ1v) is 2.95. The van der Waals surface area contributed by atoms with E-state index in [4.69, 9.17) is 10.2 Å². The fraction of sp³-hybridized carbons (Fsp3) is 0.833. The van der Waals surface area contributed by atoms with Crippen LogP contribution in [0.5, 0.6) is 0 Å². The van der Waals surface area contributed by atoms with Crippen LogP contribution in [-0.2, 0) is 9.53 Å². The highest BCUT2D eigenvalue weighted by atomic mass is 16.5. The molecular formula is C6H14O4. The Balaban J connectivity index is 0. The van der Waals surface area contributed by atoms with Crippen LogP contribution >= 0.6 is 0 Å². The average Bonchev–Trinajstić information content (AvgIpc) is 1.89. The van der Waals surface area contributed by atoms with Crippen molar-refractivity contribution >= 4 is 5.97 Å². The number of methoxy groups -OCH3 is 1. The Labute approximate surface area is 60.4 Å². The van der Waals surface area contributed by atoms with E-state index in [0.717, 1.165) is 0 Å². The number of hydrogen-bond donors (Lipinski definition) is 2. The fourth-order valence-corrected chi connectivity index (χ4v) is 0. The predicted octanol–water partition coefficient (Wildman–Crippen LogP) is -0.114. The van der Waals surface area contributed by atoms with Gasteiger partial charge in [0.15, 0.2) is 6.29 Å². The Hall–Kier alpha value is -0.610. The van der Waals surface area contributed by atoms with E-state index >= 15 is 0 Å². The Bertz CT molecular complexity index is 79.8. The minimum absolute atomic E-state index is 0.245. The van der Waals surface area contributed by atoms with Gasteiger partial charge in [-0.05, 0) is 6.42 Å². The van der Waals surface area contributed by atoms with E-state index in [2.05, 4.69) is 4.74 Å². The molecule has 0 aromatic rings. The molecule has 10 heavy (non-hydrogen) atoms. The molecule has 0 aliphatic carbocycles. The molecule has 0 rings (SSSR count). The summed E-state index contributed by atoms with van der Waals surface area (Å²) in [6, 6.07) is 0. The van der Waals surface area contributed by atoms with Crippen molar-refractivity contribution in [3.8, 4) is 0 Å². The van der Waals surface area contributed by atoms with E-state index < -0.39 is 6.29 Å². The van der Waals surface area contributed by atoms with E-state index in [-0.39, 0.29) is 5.97 Å². The summed E-state index contributed by atoms with van der Waals surface area (Å²) >= 11 is 0. The van der Waals surface area contributed by atoms with Crippen LogP contribution in [0, 0.1) is 0 Å². The lowest BCUT2D eigenvalue weighted by molar-refractivity contribution is -0.137. The van der Waals surface area contributed by atoms with Gasteiger partial charge in [-0.3, -0.25) is 4.79 Å². The van der Waals surface area contributed by atoms with Gasteiger partial charge in [0, 0.05) is 6.92 Å². The molecule has 0 spiro atoms. The number of rotatable bonds is 1. The molecule has 62 valence electrons. The van der Waals surface area contributed by atoms with Crippen molar-refractivity contribution in [1.29, 1.82) is 0 Å². The second-order valence-corrected chi connectivity index (χ2v) is 1.58. The lowest BCUT2D eigenvalue weighted by Gasteiger charge is -1.90. The average molecular weight is 150 g/mol. The van der Waals surface area contributed by atoms with Crippen molar-refractivity contribution in [2.24, 2.45) is 0 Å². The highest BCUT2D eigenvalue weighted by Crippen LogP contribution is 1.77. The maximum Gasteiger partial charge on any atom is 0.302 e. The molecule has 0 bridgehead atoms. The van der Waals surface area contributed by atoms with Crippen LogP contribution in [0.25, 0.3) is 0 Å². The van der Waals surface area contributed by atoms with Crippen molar-refractivity contribution in [1.82, 2.24) is 0 Å². The third-order valence-corrected chi connectivity index (χ3v) is 0.653. The van der Waals surface area contributed by atoms with Gasteiger partial charge in [0.05, 0.1) is 7.11 Å². The van der Waals surface area contributed by atoms with Gasteiger partial charge in [0.2, 0.25) is 0 Å². The summed E-state index contributed by atoms with van der Waals surface area (Å²) in [6.07, 6.45) is -0.699. The normalized spacial score (nSPS) is 8.20. The summed E-state index contributed by atoms with van der Waals surface area (Å²) in [6.45, 7) is 3.06. The van der Waals surface area contributed by atoms with Gasteiger partial charge in [0.25, 0.3) is 0 Å². The van der Waals surface area contributed by atoms with Crippen molar-refractivity contribution in [2.75, 3.05) is 7.11 Å². The molecule has 0 unspecified atom stereocenters. The molecule has 0 aromatic carbocycles. The molecule has 0 amide bonds. The van der Waals surface area contributed by atoms with Gasteiger partial charge in [-0.25, -0.2) is 0 Å². The molecule has 0 fully saturated rings. The molecule has 0 atom stereocenters. The van der Waals surface area contributed by atoms with Gasteiger partial charge in [-0.1, -0.05) is 6.92 Å². The molecule has 0 aromatic heterocycles. The van der Waals surface area contributed by atoms with Crippen LogP contribution in [0.3, 0.4) is 0 Å². The monoisotopic (exact) mass is 150 g/mol. The second-order valence-electron chi connectivity index (χ2n) is 1.58. The molecule has 0 radical (unpaired) electrons. The zero-order chi connectivity index (χ0) is 8.57. The summed E-state index contributed by atoms with van der Waals surface area (Å²) < 4.78 is 4.11.